The highest BCUT2D eigenvalue weighted by Crippen LogP contribution is 2.30. The van der Waals surface area contributed by atoms with Gasteiger partial charge in [0.05, 0.1) is 18.4 Å². The van der Waals surface area contributed by atoms with E-state index in [9.17, 15) is 4.79 Å². The smallest absolute Gasteiger partial charge is 0.265 e. The Hall–Kier alpha value is -1.33. The van der Waals surface area contributed by atoms with Crippen molar-refractivity contribution in [1.29, 1.82) is 0 Å². The van der Waals surface area contributed by atoms with Crippen molar-refractivity contribution in [2.45, 2.75) is 6.92 Å². The summed E-state index contributed by atoms with van der Waals surface area (Å²) in [6.45, 7) is 1.76. The van der Waals surface area contributed by atoms with Crippen molar-refractivity contribution in [2.75, 3.05) is 7.11 Å². The Morgan fingerprint density at radius 1 is 1.44 bits per heavy atom. The number of aromatic nitrogens is 2. The van der Waals surface area contributed by atoms with Gasteiger partial charge in [0.2, 0.25) is 0 Å². The predicted molar refractivity (Wildman–Crippen MR) is 74.3 cm³/mol. The van der Waals surface area contributed by atoms with Crippen LogP contribution in [0.1, 0.15) is 5.69 Å². The lowest BCUT2D eigenvalue weighted by Gasteiger charge is -2.09. The van der Waals surface area contributed by atoms with Crippen LogP contribution in [0.25, 0.3) is 11.4 Å². The maximum atomic E-state index is 11.7. The van der Waals surface area contributed by atoms with Crippen molar-refractivity contribution in [3.63, 3.8) is 0 Å². The van der Waals surface area contributed by atoms with E-state index in [1.165, 1.54) is 0 Å². The Morgan fingerprint density at radius 2 is 2.17 bits per heavy atom. The number of halogens is 2. The maximum absolute atomic E-state index is 11.7. The number of methoxy groups -OCH3 is 1. The number of benzene rings is 1. The van der Waals surface area contributed by atoms with E-state index in [2.05, 4.69) is 25.9 Å². The van der Waals surface area contributed by atoms with Gasteiger partial charge in [0.1, 0.15) is 16.0 Å². The lowest BCUT2D eigenvalue weighted by molar-refractivity contribution is 0.416. The van der Waals surface area contributed by atoms with Gasteiger partial charge in [-0.05, 0) is 41.1 Å². The first kappa shape index (κ1) is 13.1. The Bertz CT molecular complexity index is 655. The monoisotopic (exact) mass is 328 g/mol. The lowest BCUT2D eigenvalue weighted by Crippen LogP contribution is -2.12. The third-order valence-electron chi connectivity index (χ3n) is 2.45. The van der Waals surface area contributed by atoms with Crippen LogP contribution in [-0.4, -0.2) is 17.1 Å². The zero-order valence-electron chi connectivity index (χ0n) is 9.75. The first-order valence-corrected chi connectivity index (χ1v) is 6.30. The molecule has 2 aromatic rings. The highest BCUT2D eigenvalue weighted by Gasteiger charge is 2.11. The molecule has 0 saturated heterocycles. The molecule has 0 radical (unpaired) electrons. The fraction of sp³-hybridized carbons (Fsp3) is 0.167. The van der Waals surface area contributed by atoms with Gasteiger partial charge in [-0.1, -0.05) is 11.6 Å². The number of aryl methyl sites for hydroxylation is 1. The van der Waals surface area contributed by atoms with E-state index in [1.807, 2.05) is 0 Å². The van der Waals surface area contributed by atoms with Crippen LogP contribution in [0, 0.1) is 6.92 Å². The molecule has 1 N–H and O–H groups in total. The fourth-order valence-corrected chi connectivity index (χ4v) is 1.91. The Kier molecular flexibility index (Phi) is 3.73. The molecular formula is C12H10BrClN2O2. The molecule has 0 aliphatic heterocycles. The van der Waals surface area contributed by atoms with Crippen molar-refractivity contribution < 1.29 is 4.74 Å². The van der Waals surface area contributed by atoms with Crippen LogP contribution >= 0.6 is 27.5 Å². The van der Waals surface area contributed by atoms with E-state index >= 15 is 0 Å². The van der Waals surface area contributed by atoms with Crippen LogP contribution in [-0.2, 0) is 0 Å². The summed E-state index contributed by atoms with van der Waals surface area (Å²) in [7, 11) is 1.54. The molecule has 94 valence electrons. The molecule has 2 rings (SSSR count). The molecule has 6 heteroatoms. The van der Waals surface area contributed by atoms with E-state index in [0.29, 0.717) is 32.3 Å². The molecule has 0 amide bonds. The molecule has 1 aromatic carbocycles. The van der Waals surface area contributed by atoms with Gasteiger partial charge in [-0.3, -0.25) is 4.79 Å². The van der Waals surface area contributed by atoms with Crippen molar-refractivity contribution in [3.8, 4) is 17.1 Å². The van der Waals surface area contributed by atoms with Crippen LogP contribution < -0.4 is 10.3 Å². The van der Waals surface area contributed by atoms with Gasteiger partial charge in [0.25, 0.3) is 5.56 Å². The predicted octanol–water partition coefficient (Wildman–Crippen LogP) is 3.17. The SMILES string of the molecule is COc1cc(Cl)ccc1-c1nc(C)c(Br)c(=O)[nH]1. The second kappa shape index (κ2) is 5.12. The van der Waals surface area contributed by atoms with Gasteiger partial charge in [0.15, 0.2) is 0 Å². The number of H-pyrrole nitrogens is 1. The zero-order chi connectivity index (χ0) is 13.3. The Balaban J connectivity index is 2.66. The summed E-state index contributed by atoms with van der Waals surface area (Å²) < 4.78 is 5.66. The third-order valence-corrected chi connectivity index (χ3v) is 3.62. The molecule has 4 nitrogen and oxygen atoms in total. The fourth-order valence-electron chi connectivity index (χ4n) is 1.56. The number of rotatable bonds is 2. The summed E-state index contributed by atoms with van der Waals surface area (Å²) in [6, 6.07) is 5.15. The average molecular weight is 330 g/mol. The van der Waals surface area contributed by atoms with Crippen molar-refractivity contribution >= 4 is 27.5 Å². The molecule has 0 unspecified atom stereocenters. The van der Waals surface area contributed by atoms with E-state index in [4.69, 9.17) is 16.3 Å². The van der Waals surface area contributed by atoms with Crippen LogP contribution in [0.5, 0.6) is 5.75 Å². The van der Waals surface area contributed by atoms with Crippen molar-refractivity contribution in [3.05, 3.63) is 43.7 Å². The van der Waals surface area contributed by atoms with Crippen LogP contribution in [0.4, 0.5) is 0 Å². The largest absolute Gasteiger partial charge is 0.496 e. The second-order valence-corrected chi connectivity index (χ2v) is 4.89. The average Bonchev–Trinajstić information content (AvgIpc) is 2.35. The third kappa shape index (κ3) is 2.42. The minimum absolute atomic E-state index is 0.227. The molecule has 0 spiro atoms. The van der Waals surface area contributed by atoms with Crippen LogP contribution in [0.3, 0.4) is 0 Å². The summed E-state index contributed by atoms with van der Waals surface area (Å²) >= 11 is 9.07. The molecular weight excluding hydrogens is 320 g/mol. The van der Waals surface area contributed by atoms with Crippen molar-refractivity contribution in [2.24, 2.45) is 0 Å². The number of ether oxygens (including phenoxy) is 1. The second-order valence-electron chi connectivity index (χ2n) is 3.66. The summed E-state index contributed by atoms with van der Waals surface area (Å²) in [4.78, 5) is 18.7. The highest BCUT2D eigenvalue weighted by molar-refractivity contribution is 9.10. The van der Waals surface area contributed by atoms with Gasteiger partial charge in [0, 0.05) is 5.02 Å². The molecule has 0 bridgehead atoms. The minimum Gasteiger partial charge on any atom is -0.496 e. The van der Waals surface area contributed by atoms with Gasteiger partial charge >= 0.3 is 0 Å². The molecule has 0 fully saturated rings. The quantitative estimate of drug-likeness (QED) is 0.920. The zero-order valence-corrected chi connectivity index (χ0v) is 12.1. The topological polar surface area (TPSA) is 55.0 Å². The van der Waals surface area contributed by atoms with E-state index in [0.717, 1.165) is 0 Å². The number of nitrogens with zero attached hydrogens (tertiary/aromatic N) is 1. The van der Waals surface area contributed by atoms with Gasteiger partial charge in [-0.2, -0.15) is 0 Å². The molecule has 1 aromatic heterocycles. The molecule has 18 heavy (non-hydrogen) atoms. The molecule has 0 aliphatic rings. The maximum Gasteiger partial charge on any atom is 0.265 e. The number of hydrogen-bond acceptors (Lipinski definition) is 3. The minimum atomic E-state index is -0.227. The molecule has 1 heterocycles. The molecule has 0 atom stereocenters. The normalized spacial score (nSPS) is 10.4. The number of hydrogen-bond donors (Lipinski definition) is 1. The van der Waals surface area contributed by atoms with E-state index in [-0.39, 0.29) is 5.56 Å². The number of nitrogens with one attached hydrogen (secondary N) is 1. The Morgan fingerprint density at radius 3 is 2.78 bits per heavy atom. The lowest BCUT2D eigenvalue weighted by atomic mass is 10.2. The molecule has 0 saturated carbocycles. The van der Waals surface area contributed by atoms with Crippen molar-refractivity contribution in [1.82, 2.24) is 9.97 Å². The van der Waals surface area contributed by atoms with Crippen LogP contribution in [0.15, 0.2) is 27.5 Å². The summed E-state index contributed by atoms with van der Waals surface area (Å²) in [5.74, 6) is 1.02. The highest BCUT2D eigenvalue weighted by atomic mass is 79.9. The standard InChI is InChI=1S/C12H10BrClN2O2/c1-6-10(13)12(17)16-11(15-6)8-4-3-7(14)5-9(8)18-2/h3-5H,1-2H3,(H,15,16,17). The first-order valence-electron chi connectivity index (χ1n) is 5.13. The molecule has 0 aliphatic carbocycles. The van der Waals surface area contributed by atoms with Gasteiger partial charge < -0.3 is 9.72 Å². The summed E-state index contributed by atoms with van der Waals surface area (Å²) in [5, 5.41) is 0.562. The summed E-state index contributed by atoms with van der Waals surface area (Å²) in [6.07, 6.45) is 0. The summed E-state index contributed by atoms with van der Waals surface area (Å²) in [5.41, 5.74) is 1.08. The Labute approximate surface area is 117 Å². The van der Waals surface area contributed by atoms with Gasteiger partial charge in [-0.15, -0.1) is 0 Å². The first-order chi connectivity index (χ1) is 8.52. The number of aromatic amines is 1. The van der Waals surface area contributed by atoms with Crippen LogP contribution in [0.2, 0.25) is 5.02 Å². The van der Waals surface area contributed by atoms with E-state index in [1.54, 1.807) is 32.2 Å². The van der Waals surface area contributed by atoms with E-state index < -0.39 is 0 Å². The van der Waals surface area contributed by atoms with Gasteiger partial charge in [-0.25, -0.2) is 4.98 Å².